The normalized spacial score (nSPS) is 12.0. The molecule has 1 atom stereocenters. The molecule has 0 aliphatic rings. The van der Waals surface area contributed by atoms with Crippen molar-refractivity contribution in [3.63, 3.8) is 0 Å². The maximum absolute atomic E-state index is 12.4. The molecule has 1 heterocycles. The fourth-order valence-corrected chi connectivity index (χ4v) is 2.40. The number of ether oxygens (including phenoxy) is 1. The van der Waals surface area contributed by atoms with Crippen LogP contribution in [0.3, 0.4) is 0 Å². The number of carbonyl (C=O) groups excluding carboxylic acids is 1. The van der Waals surface area contributed by atoms with Crippen LogP contribution in [0.5, 0.6) is 5.75 Å². The van der Waals surface area contributed by atoms with Crippen LogP contribution in [0.4, 0.5) is 5.69 Å². The summed E-state index contributed by atoms with van der Waals surface area (Å²) in [7, 11) is 5.13. The van der Waals surface area contributed by atoms with Crippen molar-refractivity contribution in [1.29, 1.82) is 0 Å². The SMILES string of the molecule is CNC(C(=O)Nc1ccc(Br)c(OC)c1)c1cnn(C)c1. The summed E-state index contributed by atoms with van der Waals surface area (Å²) in [5.41, 5.74) is 1.48. The minimum atomic E-state index is -0.464. The number of methoxy groups -OCH3 is 1. The molecule has 0 fully saturated rings. The molecule has 0 aliphatic carbocycles. The van der Waals surface area contributed by atoms with Crippen LogP contribution in [-0.4, -0.2) is 29.8 Å². The highest BCUT2D eigenvalue weighted by atomic mass is 79.9. The predicted molar refractivity (Wildman–Crippen MR) is 84.3 cm³/mol. The topological polar surface area (TPSA) is 68.2 Å². The van der Waals surface area contributed by atoms with Crippen molar-refractivity contribution in [1.82, 2.24) is 15.1 Å². The summed E-state index contributed by atoms with van der Waals surface area (Å²) in [5, 5.41) is 9.93. The zero-order chi connectivity index (χ0) is 15.4. The van der Waals surface area contributed by atoms with E-state index in [-0.39, 0.29) is 5.91 Å². The van der Waals surface area contributed by atoms with Gasteiger partial charge in [-0.3, -0.25) is 9.48 Å². The van der Waals surface area contributed by atoms with Gasteiger partial charge in [0.2, 0.25) is 5.91 Å². The summed E-state index contributed by atoms with van der Waals surface area (Å²) in [6, 6.07) is 4.93. The van der Waals surface area contributed by atoms with Gasteiger partial charge in [0.05, 0.1) is 17.8 Å². The average molecular weight is 353 g/mol. The number of aryl methyl sites for hydroxylation is 1. The van der Waals surface area contributed by atoms with Gasteiger partial charge in [-0.2, -0.15) is 5.10 Å². The predicted octanol–water partition coefficient (Wildman–Crippen LogP) is 2.09. The highest BCUT2D eigenvalue weighted by Crippen LogP contribution is 2.28. The lowest BCUT2D eigenvalue weighted by molar-refractivity contribution is -0.118. The zero-order valence-corrected chi connectivity index (χ0v) is 13.6. The Morgan fingerprint density at radius 1 is 1.48 bits per heavy atom. The molecule has 0 saturated heterocycles. The van der Waals surface area contributed by atoms with Crippen LogP contribution in [0.15, 0.2) is 35.1 Å². The van der Waals surface area contributed by atoms with Crippen molar-refractivity contribution in [2.75, 3.05) is 19.5 Å². The second kappa shape index (κ2) is 6.73. The van der Waals surface area contributed by atoms with Crippen molar-refractivity contribution >= 4 is 27.5 Å². The van der Waals surface area contributed by atoms with Crippen LogP contribution >= 0.6 is 15.9 Å². The first kappa shape index (κ1) is 15.5. The second-order valence-electron chi connectivity index (χ2n) is 4.51. The molecule has 1 unspecified atom stereocenters. The summed E-state index contributed by atoms with van der Waals surface area (Å²) in [6.07, 6.45) is 3.48. The molecule has 0 radical (unpaired) electrons. The van der Waals surface area contributed by atoms with Crippen LogP contribution in [0, 0.1) is 0 Å². The Bertz CT molecular complexity index is 642. The highest BCUT2D eigenvalue weighted by molar-refractivity contribution is 9.10. The molecule has 0 spiro atoms. The number of hydrogen-bond donors (Lipinski definition) is 2. The maximum Gasteiger partial charge on any atom is 0.246 e. The third kappa shape index (κ3) is 3.62. The number of hydrogen-bond acceptors (Lipinski definition) is 4. The van der Waals surface area contributed by atoms with E-state index in [9.17, 15) is 4.79 Å². The number of rotatable bonds is 5. The zero-order valence-electron chi connectivity index (χ0n) is 12.1. The Hall–Kier alpha value is -1.86. The minimum Gasteiger partial charge on any atom is -0.495 e. The molecular formula is C14H17BrN4O2. The van der Waals surface area contributed by atoms with Crippen LogP contribution in [0.2, 0.25) is 0 Å². The molecule has 2 rings (SSSR count). The third-order valence-corrected chi connectivity index (χ3v) is 3.68. The van der Waals surface area contributed by atoms with Gasteiger partial charge in [-0.05, 0) is 35.1 Å². The van der Waals surface area contributed by atoms with Gasteiger partial charge < -0.3 is 15.4 Å². The van der Waals surface area contributed by atoms with Gasteiger partial charge in [0.25, 0.3) is 0 Å². The van der Waals surface area contributed by atoms with E-state index >= 15 is 0 Å². The molecule has 0 saturated carbocycles. The smallest absolute Gasteiger partial charge is 0.246 e. The van der Waals surface area contributed by atoms with Crippen molar-refractivity contribution in [3.8, 4) is 5.75 Å². The van der Waals surface area contributed by atoms with E-state index in [1.54, 1.807) is 37.2 Å². The Morgan fingerprint density at radius 2 is 2.24 bits per heavy atom. The Labute approximate surface area is 131 Å². The van der Waals surface area contributed by atoms with E-state index < -0.39 is 6.04 Å². The Kier molecular flexibility index (Phi) is 4.98. The standard InChI is InChI=1S/C14H17BrN4O2/c1-16-13(9-7-17-19(2)8-9)14(20)18-10-4-5-11(15)12(6-10)21-3/h4-8,13,16H,1-3H3,(H,18,20). The summed E-state index contributed by atoms with van der Waals surface area (Å²) in [5.74, 6) is 0.505. The van der Waals surface area contributed by atoms with Gasteiger partial charge in [-0.1, -0.05) is 0 Å². The molecule has 1 amide bonds. The summed E-state index contributed by atoms with van der Waals surface area (Å²) < 4.78 is 7.71. The number of carbonyl (C=O) groups is 1. The number of benzene rings is 1. The molecule has 0 bridgehead atoms. The van der Waals surface area contributed by atoms with Gasteiger partial charge in [-0.25, -0.2) is 0 Å². The quantitative estimate of drug-likeness (QED) is 0.864. The van der Waals surface area contributed by atoms with Crippen LogP contribution in [0.1, 0.15) is 11.6 Å². The fraction of sp³-hybridized carbons (Fsp3) is 0.286. The number of nitrogens with one attached hydrogen (secondary N) is 2. The van der Waals surface area contributed by atoms with Crippen LogP contribution < -0.4 is 15.4 Å². The van der Waals surface area contributed by atoms with Gasteiger partial charge in [0.1, 0.15) is 11.8 Å². The van der Waals surface area contributed by atoms with Gasteiger partial charge >= 0.3 is 0 Å². The lowest BCUT2D eigenvalue weighted by atomic mass is 10.1. The maximum atomic E-state index is 12.4. The molecular weight excluding hydrogens is 336 g/mol. The molecule has 1 aromatic heterocycles. The van der Waals surface area contributed by atoms with Gasteiger partial charge in [0.15, 0.2) is 0 Å². The van der Waals surface area contributed by atoms with E-state index in [2.05, 4.69) is 31.7 Å². The molecule has 2 aromatic rings. The Morgan fingerprint density at radius 3 is 2.81 bits per heavy atom. The molecule has 1 aromatic carbocycles. The van der Waals surface area contributed by atoms with Gasteiger partial charge in [0, 0.05) is 30.6 Å². The summed E-state index contributed by atoms with van der Waals surface area (Å²) in [4.78, 5) is 12.4. The fourth-order valence-electron chi connectivity index (χ4n) is 1.99. The van der Waals surface area contributed by atoms with E-state index in [4.69, 9.17) is 4.74 Å². The molecule has 2 N–H and O–H groups in total. The number of amides is 1. The van der Waals surface area contributed by atoms with E-state index in [1.165, 1.54) is 0 Å². The monoisotopic (exact) mass is 352 g/mol. The van der Waals surface area contributed by atoms with Crippen molar-refractivity contribution in [2.45, 2.75) is 6.04 Å². The molecule has 112 valence electrons. The first-order valence-corrected chi connectivity index (χ1v) is 7.14. The highest BCUT2D eigenvalue weighted by Gasteiger charge is 2.20. The first-order valence-electron chi connectivity index (χ1n) is 6.35. The van der Waals surface area contributed by atoms with Crippen molar-refractivity contribution < 1.29 is 9.53 Å². The minimum absolute atomic E-state index is 0.158. The lowest BCUT2D eigenvalue weighted by Crippen LogP contribution is -2.30. The second-order valence-corrected chi connectivity index (χ2v) is 5.36. The average Bonchev–Trinajstić information content (AvgIpc) is 2.88. The lowest BCUT2D eigenvalue weighted by Gasteiger charge is -2.15. The van der Waals surface area contributed by atoms with E-state index in [1.807, 2.05) is 19.3 Å². The third-order valence-electron chi connectivity index (χ3n) is 3.03. The molecule has 21 heavy (non-hydrogen) atoms. The number of aromatic nitrogens is 2. The van der Waals surface area contributed by atoms with Crippen molar-refractivity contribution in [3.05, 3.63) is 40.6 Å². The molecule has 7 heteroatoms. The van der Waals surface area contributed by atoms with Crippen molar-refractivity contribution in [2.24, 2.45) is 7.05 Å². The number of nitrogens with zero attached hydrogens (tertiary/aromatic N) is 2. The van der Waals surface area contributed by atoms with Crippen LogP contribution in [-0.2, 0) is 11.8 Å². The summed E-state index contributed by atoms with van der Waals surface area (Å²) in [6.45, 7) is 0. The van der Waals surface area contributed by atoms with E-state index in [0.717, 1.165) is 10.0 Å². The number of anilines is 1. The summed E-state index contributed by atoms with van der Waals surface area (Å²) >= 11 is 3.38. The first-order chi connectivity index (χ1) is 10.0. The number of halogens is 1. The van der Waals surface area contributed by atoms with E-state index in [0.29, 0.717) is 11.4 Å². The van der Waals surface area contributed by atoms with Gasteiger partial charge in [-0.15, -0.1) is 0 Å². The molecule has 6 nitrogen and oxygen atoms in total. The largest absolute Gasteiger partial charge is 0.495 e. The molecule has 0 aliphatic heterocycles. The number of likely N-dealkylation sites (N-methyl/N-ethyl adjacent to an activating group) is 1. The Balaban J connectivity index is 2.16. The van der Waals surface area contributed by atoms with Crippen LogP contribution in [0.25, 0.3) is 0 Å².